The predicted molar refractivity (Wildman–Crippen MR) is 131 cm³/mol. The minimum absolute atomic E-state index is 0.0234. The molecule has 0 aliphatic carbocycles. The number of hydrogen-bond acceptors (Lipinski definition) is 4. The number of carbonyl (C=O) groups excluding carboxylic acids is 1. The first-order chi connectivity index (χ1) is 15.4. The van der Waals surface area contributed by atoms with Gasteiger partial charge in [0.1, 0.15) is 6.61 Å². The first kappa shape index (κ1) is 23.5. The van der Waals surface area contributed by atoms with E-state index in [1.54, 1.807) is 7.11 Å². The minimum atomic E-state index is 0.0234. The molecule has 3 aromatic carbocycles. The molecule has 2 N–H and O–H groups in total. The molecule has 0 unspecified atom stereocenters. The van der Waals surface area contributed by atoms with Crippen LogP contribution in [-0.2, 0) is 17.9 Å². The van der Waals surface area contributed by atoms with E-state index in [1.807, 2.05) is 80.6 Å². The van der Waals surface area contributed by atoms with Crippen molar-refractivity contribution in [2.24, 2.45) is 5.92 Å². The van der Waals surface area contributed by atoms with Crippen molar-refractivity contribution in [3.05, 3.63) is 82.9 Å². The summed E-state index contributed by atoms with van der Waals surface area (Å²) in [5.74, 6) is 1.69. The standard InChI is InChI=1S/C26H29ClN2O3/c1-18(2)12-26(30)29-23-9-5-8-22(15-23)28-16-19-10-11-24(25(14-19)31-3)32-17-20-6-4-7-21(27)13-20/h4-11,13-15,18,28H,12,16-17H2,1-3H3,(H,29,30). The Morgan fingerprint density at radius 2 is 1.72 bits per heavy atom. The molecule has 1 amide bonds. The Bertz CT molecular complexity index is 1050. The SMILES string of the molecule is COc1cc(CNc2cccc(NC(=O)CC(C)C)c2)ccc1OCc1cccc(Cl)c1. The molecule has 0 radical (unpaired) electrons. The third kappa shape index (κ3) is 7.20. The summed E-state index contributed by atoms with van der Waals surface area (Å²) in [6.07, 6.45) is 0.503. The third-order valence-electron chi connectivity index (χ3n) is 4.75. The van der Waals surface area contributed by atoms with Gasteiger partial charge in [-0.15, -0.1) is 0 Å². The molecule has 3 aromatic rings. The van der Waals surface area contributed by atoms with Crippen molar-refractivity contribution in [1.82, 2.24) is 0 Å². The number of ether oxygens (including phenoxy) is 2. The second-order valence-corrected chi connectivity index (χ2v) is 8.42. The fraction of sp³-hybridized carbons (Fsp3) is 0.269. The van der Waals surface area contributed by atoms with Gasteiger partial charge >= 0.3 is 0 Å². The van der Waals surface area contributed by atoms with E-state index >= 15 is 0 Å². The lowest BCUT2D eigenvalue weighted by Crippen LogP contribution is -2.13. The van der Waals surface area contributed by atoms with Gasteiger partial charge in [0.2, 0.25) is 5.91 Å². The molecule has 0 aliphatic heterocycles. The molecule has 0 aliphatic rings. The summed E-state index contributed by atoms with van der Waals surface area (Å²) in [6.45, 7) is 5.07. The number of methoxy groups -OCH3 is 1. The first-order valence-electron chi connectivity index (χ1n) is 10.6. The van der Waals surface area contributed by atoms with Gasteiger partial charge in [0.05, 0.1) is 7.11 Å². The largest absolute Gasteiger partial charge is 0.493 e. The van der Waals surface area contributed by atoms with Crippen LogP contribution in [0.15, 0.2) is 66.7 Å². The summed E-state index contributed by atoms with van der Waals surface area (Å²) in [5.41, 5.74) is 3.74. The van der Waals surface area contributed by atoms with Crippen molar-refractivity contribution in [3.63, 3.8) is 0 Å². The highest BCUT2D eigenvalue weighted by molar-refractivity contribution is 6.30. The maximum Gasteiger partial charge on any atom is 0.224 e. The van der Waals surface area contributed by atoms with Crippen LogP contribution < -0.4 is 20.1 Å². The van der Waals surface area contributed by atoms with Crippen LogP contribution in [0.5, 0.6) is 11.5 Å². The Hall–Kier alpha value is -3.18. The van der Waals surface area contributed by atoms with Gasteiger partial charge in [0.15, 0.2) is 11.5 Å². The number of anilines is 2. The number of halogens is 1. The summed E-state index contributed by atoms with van der Waals surface area (Å²) in [4.78, 5) is 12.0. The van der Waals surface area contributed by atoms with Crippen molar-refractivity contribution in [3.8, 4) is 11.5 Å². The van der Waals surface area contributed by atoms with Crippen LogP contribution in [0.2, 0.25) is 5.02 Å². The molecule has 0 heterocycles. The van der Waals surface area contributed by atoms with Crippen molar-refractivity contribution in [2.75, 3.05) is 17.7 Å². The minimum Gasteiger partial charge on any atom is -0.493 e. The van der Waals surface area contributed by atoms with E-state index in [0.717, 1.165) is 22.5 Å². The van der Waals surface area contributed by atoms with Gasteiger partial charge < -0.3 is 20.1 Å². The number of amides is 1. The van der Waals surface area contributed by atoms with E-state index in [2.05, 4.69) is 10.6 Å². The lowest BCUT2D eigenvalue weighted by molar-refractivity contribution is -0.116. The van der Waals surface area contributed by atoms with Crippen LogP contribution in [0.25, 0.3) is 0 Å². The van der Waals surface area contributed by atoms with E-state index < -0.39 is 0 Å². The maximum absolute atomic E-state index is 12.0. The fourth-order valence-electron chi connectivity index (χ4n) is 3.22. The molecule has 0 spiro atoms. The van der Waals surface area contributed by atoms with Gasteiger partial charge in [-0.25, -0.2) is 0 Å². The quantitative estimate of drug-likeness (QED) is 0.367. The summed E-state index contributed by atoms with van der Waals surface area (Å²) in [5, 5.41) is 7.02. The lowest BCUT2D eigenvalue weighted by atomic mass is 10.1. The van der Waals surface area contributed by atoms with Gasteiger partial charge in [-0.1, -0.05) is 49.7 Å². The van der Waals surface area contributed by atoms with Gasteiger partial charge in [0, 0.05) is 29.4 Å². The zero-order valence-electron chi connectivity index (χ0n) is 18.7. The van der Waals surface area contributed by atoms with Gasteiger partial charge in [-0.2, -0.15) is 0 Å². The third-order valence-corrected chi connectivity index (χ3v) is 4.98. The Kier molecular flexibility index (Phi) is 8.40. The van der Waals surface area contributed by atoms with Crippen LogP contribution in [0, 0.1) is 5.92 Å². The van der Waals surface area contributed by atoms with Gasteiger partial charge in [-0.05, 0) is 59.5 Å². The smallest absolute Gasteiger partial charge is 0.224 e. The number of hydrogen-bond donors (Lipinski definition) is 2. The average molecular weight is 453 g/mol. The van der Waals surface area contributed by atoms with E-state index in [1.165, 1.54) is 0 Å². The fourth-order valence-corrected chi connectivity index (χ4v) is 3.44. The monoisotopic (exact) mass is 452 g/mol. The van der Waals surface area contributed by atoms with Gasteiger partial charge in [-0.3, -0.25) is 4.79 Å². The number of nitrogens with one attached hydrogen (secondary N) is 2. The number of benzene rings is 3. The summed E-state index contributed by atoms with van der Waals surface area (Å²) < 4.78 is 11.4. The molecule has 6 heteroatoms. The topological polar surface area (TPSA) is 59.6 Å². The Morgan fingerprint density at radius 3 is 2.47 bits per heavy atom. The zero-order chi connectivity index (χ0) is 22.9. The Labute approximate surface area is 194 Å². The van der Waals surface area contributed by atoms with E-state index in [-0.39, 0.29) is 5.91 Å². The summed E-state index contributed by atoms with van der Waals surface area (Å²) in [7, 11) is 1.63. The highest BCUT2D eigenvalue weighted by atomic mass is 35.5. The van der Waals surface area contributed by atoms with Crippen LogP contribution >= 0.6 is 11.6 Å². The van der Waals surface area contributed by atoms with Crippen LogP contribution in [0.1, 0.15) is 31.4 Å². The normalized spacial score (nSPS) is 10.7. The molecule has 0 fully saturated rings. The number of carbonyl (C=O) groups is 1. The van der Waals surface area contributed by atoms with Gasteiger partial charge in [0.25, 0.3) is 0 Å². The lowest BCUT2D eigenvalue weighted by Gasteiger charge is -2.14. The van der Waals surface area contributed by atoms with Crippen molar-refractivity contribution < 1.29 is 14.3 Å². The van der Waals surface area contributed by atoms with Crippen LogP contribution in [-0.4, -0.2) is 13.0 Å². The van der Waals surface area contributed by atoms with E-state index in [9.17, 15) is 4.79 Å². The van der Waals surface area contributed by atoms with Crippen molar-refractivity contribution >= 4 is 28.9 Å². The molecular weight excluding hydrogens is 424 g/mol. The van der Waals surface area contributed by atoms with Crippen LogP contribution in [0.4, 0.5) is 11.4 Å². The summed E-state index contributed by atoms with van der Waals surface area (Å²) >= 11 is 6.04. The molecule has 168 valence electrons. The second kappa shape index (κ2) is 11.4. The first-order valence-corrected chi connectivity index (χ1v) is 11.0. The Balaban J connectivity index is 1.59. The van der Waals surface area contributed by atoms with E-state index in [4.69, 9.17) is 21.1 Å². The molecule has 0 bridgehead atoms. The molecule has 0 aromatic heterocycles. The molecule has 3 rings (SSSR count). The average Bonchev–Trinajstić information content (AvgIpc) is 2.76. The predicted octanol–water partition coefficient (Wildman–Crippen LogP) is 6.52. The molecular formula is C26H29ClN2O3. The highest BCUT2D eigenvalue weighted by Gasteiger charge is 2.08. The summed E-state index contributed by atoms with van der Waals surface area (Å²) in [6, 6.07) is 21.1. The van der Waals surface area contributed by atoms with Crippen LogP contribution in [0.3, 0.4) is 0 Å². The Morgan fingerprint density at radius 1 is 0.938 bits per heavy atom. The number of rotatable bonds is 10. The zero-order valence-corrected chi connectivity index (χ0v) is 19.4. The molecule has 0 saturated carbocycles. The molecule has 0 saturated heterocycles. The highest BCUT2D eigenvalue weighted by Crippen LogP contribution is 2.29. The molecule has 0 atom stereocenters. The molecule has 5 nitrogen and oxygen atoms in total. The van der Waals surface area contributed by atoms with Crippen molar-refractivity contribution in [1.29, 1.82) is 0 Å². The maximum atomic E-state index is 12.0. The molecule has 32 heavy (non-hydrogen) atoms. The van der Waals surface area contributed by atoms with E-state index in [0.29, 0.717) is 42.0 Å². The van der Waals surface area contributed by atoms with Crippen molar-refractivity contribution in [2.45, 2.75) is 33.4 Å². The second-order valence-electron chi connectivity index (χ2n) is 7.98.